The van der Waals surface area contributed by atoms with Gasteiger partial charge in [-0.15, -0.1) is 0 Å². The maximum Gasteiger partial charge on any atom is 0.255 e. The van der Waals surface area contributed by atoms with Gasteiger partial charge in [-0.05, 0) is 86.1 Å². The van der Waals surface area contributed by atoms with E-state index in [9.17, 15) is 29.7 Å². The number of ketones is 2. The van der Waals surface area contributed by atoms with Crippen molar-refractivity contribution in [2.75, 3.05) is 27.7 Å². The quantitative estimate of drug-likeness (QED) is 0.291. The van der Waals surface area contributed by atoms with Gasteiger partial charge in [0, 0.05) is 18.7 Å². The van der Waals surface area contributed by atoms with Crippen molar-refractivity contribution < 1.29 is 29.7 Å². The van der Waals surface area contributed by atoms with Crippen molar-refractivity contribution in [2.45, 2.75) is 39.3 Å². The number of likely N-dealkylation sites (N-methyl/N-ethyl adjacent to an activating group) is 1. The zero-order chi connectivity index (χ0) is 30.6. The van der Waals surface area contributed by atoms with Crippen LogP contribution in [0.3, 0.4) is 0 Å². The van der Waals surface area contributed by atoms with Gasteiger partial charge in [-0.3, -0.25) is 19.3 Å². The molecule has 0 aliphatic heterocycles. The Labute approximate surface area is 245 Å². The van der Waals surface area contributed by atoms with E-state index >= 15 is 0 Å². The molecule has 9 nitrogen and oxygen atoms in total. The molecule has 2 aromatic carbocycles. The number of fused-ring (bicyclic) bond motifs is 3. The minimum absolute atomic E-state index is 0.0799. The Kier molecular flexibility index (Phi) is 7.76. The number of nitrogens with two attached hydrogens (primary N) is 1. The number of hydrogen-bond acceptors (Lipinski definition) is 8. The largest absolute Gasteiger partial charge is 0.510 e. The average molecular weight is 574 g/mol. The smallest absolute Gasteiger partial charge is 0.255 e. The second kappa shape index (κ2) is 11.0. The monoisotopic (exact) mass is 573 g/mol. The van der Waals surface area contributed by atoms with E-state index in [2.05, 4.69) is 37.9 Å². The molecule has 3 aliphatic carbocycles. The Morgan fingerprint density at radius 2 is 1.76 bits per heavy atom. The first-order valence-corrected chi connectivity index (χ1v) is 14.4. The minimum atomic E-state index is -1.27. The molecule has 4 unspecified atom stereocenters. The molecule has 1 saturated carbocycles. The van der Waals surface area contributed by atoms with E-state index in [0.717, 1.165) is 35.3 Å². The Morgan fingerprint density at radius 3 is 2.40 bits per heavy atom. The molecule has 0 bridgehead atoms. The lowest BCUT2D eigenvalue weighted by atomic mass is 9.59. The lowest BCUT2D eigenvalue weighted by Gasteiger charge is -2.46. The minimum Gasteiger partial charge on any atom is -0.510 e. The Morgan fingerprint density at radius 1 is 1.05 bits per heavy atom. The number of aliphatic hydroxyl groups excluding tert-OH is 2. The first kappa shape index (κ1) is 29.5. The second-order valence-electron chi connectivity index (χ2n) is 12.6. The van der Waals surface area contributed by atoms with Crippen LogP contribution in [0.4, 0.5) is 0 Å². The third-order valence-corrected chi connectivity index (χ3v) is 8.82. The van der Waals surface area contributed by atoms with Gasteiger partial charge in [0.2, 0.25) is 0 Å². The van der Waals surface area contributed by atoms with E-state index in [1.165, 1.54) is 6.07 Å². The number of phenolic OH excluding ortho intramolecular Hbond substituents is 1. The highest BCUT2D eigenvalue weighted by molar-refractivity contribution is 6.28. The SMILES string of the molecule is CC(C)CN(C)Cc1cccc(-c2ccc(O)c3c2CC2CC4C(C(=O)C(C(N)=O)=C(O)C4N(C)C)C(=O)C2=C3O)c1. The molecule has 2 aromatic rings. The van der Waals surface area contributed by atoms with E-state index in [4.69, 9.17) is 5.73 Å². The summed E-state index contributed by atoms with van der Waals surface area (Å²) >= 11 is 0. The van der Waals surface area contributed by atoms with Crippen LogP contribution in [-0.4, -0.2) is 76.3 Å². The van der Waals surface area contributed by atoms with Gasteiger partial charge in [-0.2, -0.15) is 0 Å². The Bertz CT molecular complexity index is 1540. The number of phenols is 1. The number of primary amides is 1. The molecule has 5 N–H and O–H groups in total. The molecule has 222 valence electrons. The van der Waals surface area contributed by atoms with Crippen molar-refractivity contribution in [3.8, 4) is 16.9 Å². The number of carbonyl (C=O) groups is 3. The van der Waals surface area contributed by atoms with Gasteiger partial charge >= 0.3 is 0 Å². The van der Waals surface area contributed by atoms with Gasteiger partial charge in [-0.25, -0.2) is 0 Å². The fourth-order valence-electron chi connectivity index (χ4n) is 7.37. The molecule has 9 heteroatoms. The predicted molar refractivity (Wildman–Crippen MR) is 159 cm³/mol. The molecule has 1 fully saturated rings. The summed E-state index contributed by atoms with van der Waals surface area (Å²) in [7, 11) is 5.50. The number of aromatic hydroxyl groups is 1. The zero-order valence-electron chi connectivity index (χ0n) is 24.7. The highest BCUT2D eigenvalue weighted by Crippen LogP contribution is 2.51. The van der Waals surface area contributed by atoms with E-state index < -0.39 is 52.6 Å². The van der Waals surface area contributed by atoms with Crippen LogP contribution in [0.25, 0.3) is 16.9 Å². The molecule has 0 radical (unpaired) electrons. The summed E-state index contributed by atoms with van der Waals surface area (Å²) in [6.45, 7) is 6.09. The van der Waals surface area contributed by atoms with Crippen molar-refractivity contribution >= 4 is 23.2 Å². The maximum atomic E-state index is 14.0. The van der Waals surface area contributed by atoms with Gasteiger partial charge in [0.25, 0.3) is 5.91 Å². The van der Waals surface area contributed by atoms with Crippen molar-refractivity contribution in [1.82, 2.24) is 9.80 Å². The van der Waals surface area contributed by atoms with Crippen LogP contribution in [0, 0.1) is 23.7 Å². The molecule has 0 saturated heterocycles. The molecule has 42 heavy (non-hydrogen) atoms. The van der Waals surface area contributed by atoms with Gasteiger partial charge in [0.1, 0.15) is 22.8 Å². The fourth-order valence-corrected chi connectivity index (χ4v) is 7.37. The lowest BCUT2D eigenvalue weighted by molar-refractivity contribution is -0.136. The standard InChI is InChI=1S/C33H39N3O6/c1-16(2)14-36(5)15-17-7-6-8-18(11-17)20-9-10-23(37)25-21(20)12-19-13-22-26(30(39)24(19)29(25)38)31(40)27(33(34)42)32(41)28(22)35(3)4/h6-11,16,19,22,26,28,37-38,41H,12-15H2,1-5H3,(H2,34,42). The third kappa shape index (κ3) is 4.90. The van der Waals surface area contributed by atoms with Crippen LogP contribution >= 0.6 is 0 Å². The number of benzene rings is 2. The number of allylic oxidation sites excluding steroid dienone is 1. The van der Waals surface area contributed by atoms with E-state index in [0.29, 0.717) is 18.8 Å². The van der Waals surface area contributed by atoms with Crippen LogP contribution in [0.2, 0.25) is 0 Å². The van der Waals surface area contributed by atoms with Gasteiger partial charge < -0.3 is 26.0 Å². The number of nitrogens with zero attached hydrogens (tertiary/aromatic N) is 2. The van der Waals surface area contributed by atoms with Crippen molar-refractivity contribution in [3.63, 3.8) is 0 Å². The number of Topliss-reactive ketones (excluding diaryl/α,β-unsaturated/α-hetero) is 2. The number of aliphatic hydroxyl groups is 2. The van der Waals surface area contributed by atoms with Crippen LogP contribution in [0.1, 0.15) is 37.0 Å². The van der Waals surface area contributed by atoms with E-state index in [-0.39, 0.29) is 22.6 Å². The molecule has 0 heterocycles. The van der Waals surface area contributed by atoms with Crippen molar-refractivity contribution in [2.24, 2.45) is 29.4 Å². The third-order valence-electron chi connectivity index (χ3n) is 8.82. The molecule has 1 amide bonds. The molecule has 3 aliphatic rings. The van der Waals surface area contributed by atoms with E-state index in [1.807, 2.05) is 18.2 Å². The molecular weight excluding hydrogens is 534 g/mol. The van der Waals surface area contributed by atoms with Crippen LogP contribution in [-0.2, 0) is 27.3 Å². The van der Waals surface area contributed by atoms with Gasteiger partial charge in [0.05, 0.1) is 17.5 Å². The van der Waals surface area contributed by atoms with Crippen LogP contribution in [0.15, 0.2) is 53.3 Å². The summed E-state index contributed by atoms with van der Waals surface area (Å²) in [5, 5.41) is 33.4. The summed E-state index contributed by atoms with van der Waals surface area (Å²) in [6, 6.07) is 10.7. The first-order chi connectivity index (χ1) is 19.8. The van der Waals surface area contributed by atoms with Crippen molar-refractivity contribution in [3.05, 3.63) is 70.0 Å². The van der Waals surface area contributed by atoms with Crippen molar-refractivity contribution in [1.29, 1.82) is 0 Å². The summed E-state index contributed by atoms with van der Waals surface area (Å²) in [6.07, 6.45) is 0.668. The molecular formula is C33H39N3O6. The topological polar surface area (TPSA) is 144 Å². The van der Waals surface area contributed by atoms with Crippen LogP contribution in [0.5, 0.6) is 5.75 Å². The first-order valence-electron chi connectivity index (χ1n) is 14.4. The summed E-state index contributed by atoms with van der Waals surface area (Å²) in [5.41, 5.74) is 8.78. The number of hydrogen-bond donors (Lipinski definition) is 4. The highest BCUT2D eigenvalue weighted by Gasteiger charge is 2.55. The highest BCUT2D eigenvalue weighted by atomic mass is 16.3. The lowest BCUT2D eigenvalue weighted by Crippen LogP contribution is -2.55. The number of rotatable bonds is 7. The molecule has 0 spiro atoms. The summed E-state index contributed by atoms with van der Waals surface area (Å²) in [5.74, 6) is -5.23. The summed E-state index contributed by atoms with van der Waals surface area (Å²) in [4.78, 5) is 43.4. The fraction of sp³-hybridized carbons (Fsp3) is 0.424. The average Bonchev–Trinajstić information content (AvgIpc) is 2.87. The normalized spacial score (nSPS) is 23.9. The second-order valence-corrected chi connectivity index (χ2v) is 12.6. The molecule has 4 atom stereocenters. The predicted octanol–water partition coefficient (Wildman–Crippen LogP) is 3.60. The molecule has 0 aromatic heterocycles. The van der Waals surface area contributed by atoms with E-state index in [1.54, 1.807) is 19.0 Å². The number of amides is 1. The molecule has 5 rings (SSSR count). The van der Waals surface area contributed by atoms with Gasteiger partial charge in [-0.1, -0.05) is 38.1 Å². The maximum absolute atomic E-state index is 14.0. The van der Waals surface area contributed by atoms with Crippen LogP contribution < -0.4 is 5.73 Å². The summed E-state index contributed by atoms with van der Waals surface area (Å²) < 4.78 is 0. The number of carbonyl (C=O) groups excluding carboxylic acids is 3. The Hall–Kier alpha value is -3.95. The Balaban J connectivity index is 1.59. The zero-order valence-corrected chi connectivity index (χ0v) is 24.7. The van der Waals surface area contributed by atoms with Gasteiger partial charge in [0.15, 0.2) is 11.6 Å².